The Morgan fingerprint density at radius 3 is 2.38 bits per heavy atom. The van der Waals surface area contributed by atoms with Gasteiger partial charge in [-0.1, -0.05) is 30.3 Å². The van der Waals surface area contributed by atoms with E-state index in [9.17, 15) is 4.79 Å². The number of nitrogens with zero attached hydrogens (tertiary/aromatic N) is 1. The first-order chi connectivity index (χ1) is 16.5. The maximum absolute atomic E-state index is 12.5. The van der Waals surface area contributed by atoms with Gasteiger partial charge in [0.05, 0.1) is 31.0 Å². The average molecular weight is 527 g/mol. The van der Waals surface area contributed by atoms with Crippen molar-refractivity contribution in [3.63, 3.8) is 0 Å². The molecule has 3 aromatic carbocycles. The van der Waals surface area contributed by atoms with Crippen molar-refractivity contribution in [2.24, 2.45) is 5.10 Å². The number of rotatable bonds is 11. The molecule has 7 nitrogen and oxygen atoms in total. The standard InChI is InChI=1S/C26H27BrN2O5/c1-4-32-22-12-11-20(15-23(22)33-5-2)26(30)29-28-16-19-13-21(27)25(24(14-19)31-3)34-17-18-9-7-6-8-10-18/h6-16H,4-5,17H2,1-3H3,(H,29,30)/b28-16+. The quantitative estimate of drug-likeness (QED) is 0.260. The Kier molecular flexibility index (Phi) is 9.34. The number of hydrogen-bond donors (Lipinski definition) is 1. The van der Waals surface area contributed by atoms with Crippen LogP contribution >= 0.6 is 15.9 Å². The van der Waals surface area contributed by atoms with Crippen LogP contribution in [0.15, 0.2) is 70.2 Å². The summed E-state index contributed by atoms with van der Waals surface area (Å²) >= 11 is 3.53. The van der Waals surface area contributed by atoms with Crippen molar-refractivity contribution >= 4 is 28.1 Å². The number of carbonyl (C=O) groups excluding carboxylic acids is 1. The van der Waals surface area contributed by atoms with Crippen molar-refractivity contribution < 1.29 is 23.7 Å². The Bertz CT molecular complexity index is 1140. The van der Waals surface area contributed by atoms with Gasteiger partial charge in [-0.2, -0.15) is 5.10 Å². The number of amides is 1. The zero-order chi connectivity index (χ0) is 24.3. The van der Waals surface area contributed by atoms with Gasteiger partial charge in [0.15, 0.2) is 23.0 Å². The van der Waals surface area contributed by atoms with Crippen molar-refractivity contribution in [1.82, 2.24) is 5.43 Å². The summed E-state index contributed by atoms with van der Waals surface area (Å²) in [6.45, 7) is 5.14. The third-order valence-electron chi connectivity index (χ3n) is 4.66. The molecule has 0 spiro atoms. The van der Waals surface area contributed by atoms with Crippen molar-refractivity contribution in [2.45, 2.75) is 20.5 Å². The van der Waals surface area contributed by atoms with E-state index in [0.717, 1.165) is 11.1 Å². The zero-order valence-corrected chi connectivity index (χ0v) is 20.9. The molecule has 1 amide bonds. The van der Waals surface area contributed by atoms with Crippen LogP contribution in [0.3, 0.4) is 0 Å². The molecule has 178 valence electrons. The second-order valence-electron chi connectivity index (χ2n) is 7.04. The van der Waals surface area contributed by atoms with E-state index in [1.807, 2.05) is 50.2 Å². The minimum atomic E-state index is -0.367. The molecule has 0 aliphatic rings. The van der Waals surface area contributed by atoms with Crippen LogP contribution in [0, 0.1) is 0 Å². The SMILES string of the molecule is CCOc1ccc(C(=O)N/N=C/c2cc(Br)c(OCc3ccccc3)c(OC)c2)cc1OCC. The first-order valence-electron chi connectivity index (χ1n) is 10.8. The molecule has 0 heterocycles. The van der Waals surface area contributed by atoms with Crippen LogP contribution in [0.4, 0.5) is 0 Å². The minimum absolute atomic E-state index is 0.367. The summed E-state index contributed by atoms with van der Waals surface area (Å²) in [5.74, 6) is 1.88. The molecule has 0 saturated carbocycles. The smallest absolute Gasteiger partial charge is 0.271 e. The predicted molar refractivity (Wildman–Crippen MR) is 135 cm³/mol. The van der Waals surface area contributed by atoms with Gasteiger partial charge in [-0.25, -0.2) is 5.43 Å². The van der Waals surface area contributed by atoms with Crippen molar-refractivity contribution in [3.05, 3.63) is 81.8 Å². The second kappa shape index (κ2) is 12.6. The van der Waals surface area contributed by atoms with Gasteiger partial charge in [0.2, 0.25) is 0 Å². The largest absolute Gasteiger partial charge is 0.493 e. The molecule has 0 fully saturated rings. The molecule has 34 heavy (non-hydrogen) atoms. The molecule has 0 aliphatic carbocycles. The summed E-state index contributed by atoms with van der Waals surface area (Å²) in [4.78, 5) is 12.5. The number of hydrogen-bond acceptors (Lipinski definition) is 6. The van der Waals surface area contributed by atoms with E-state index in [1.54, 1.807) is 31.4 Å². The summed E-state index contributed by atoms with van der Waals surface area (Å²) in [6, 6.07) is 18.5. The first kappa shape index (κ1) is 25.1. The van der Waals surface area contributed by atoms with Gasteiger partial charge in [0.25, 0.3) is 5.91 Å². The molecule has 3 aromatic rings. The third-order valence-corrected chi connectivity index (χ3v) is 5.25. The molecule has 0 unspecified atom stereocenters. The van der Waals surface area contributed by atoms with Gasteiger partial charge in [0, 0.05) is 5.56 Å². The Labute approximate surface area is 207 Å². The normalized spacial score (nSPS) is 10.7. The summed E-state index contributed by atoms with van der Waals surface area (Å²) in [5.41, 5.74) is 4.71. The zero-order valence-electron chi connectivity index (χ0n) is 19.3. The molecule has 0 saturated heterocycles. The molecule has 0 radical (unpaired) electrons. The minimum Gasteiger partial charge on any atom is -0.493 e. The van der Waals surface area contributed by atoms with Crippen molar-refractivity contribution in [3.8, 4) is 23.0 Å². The molecule has 3 rings (SSSR count). The lowest BCUT2D eigenvalue weighted by molar-refractivity contribution is 0.0954. The molecular formula is C26H27BrN2O5. The number of ether oxygens (including phenoxy) is 4. The fourth-order valence-electron chi connectivity index (χ4n) is 3.11. The van der Waals surface area contributed by atoms with Crippen LogP contribution in [0.5, 0.6) is 23.0 Å². The lowest BCUT2D eigenvalue weighted by Crippen LogP contribution is -2.17. The molecular weight excluding hydrogens is 500 g/mol. The molecule has 1 N–H and O–H groups in total. The lowest BCUT2D eigenvalue weighted by Gasteiger charge is -2.13. The fraction of sp³-hybridized carbons (Fsp3) is 0.231. The predicted octanol–water partition coefficient (Wildman–Crippen LogP) is 5.60. The fourth-order valence-corrected chi connectivity index (χ4v) is 3.68. The average Bonchev–Trinajstić information content (AvgIpc) is 2.85. The van der Waals surface area contributed by atoms with E-state index in [1.165, 1.54) is 6.21 Å². The number of carbonyl (C=O) groups is 1. The van der Waals surface area contributed by atoms with Gasteiger partial charge in [-0.05, 0) is 71.2 Å². The van der Waals surface area contributed by atoms with Crippen LogP contribution in [-0.4, -0.2) is 32.4 Å². The monoisotopic (exact) mass is 526 g/mol. The molecule has 0 bridgehead atoms. The number of methoxy groups -OCH3 is 1. The Morgan fingerprint density at radius 2 is 1.68 bits per heavy atom. The lowest BCUT2D eigenvalue weighted by atomic mass is 10.2. The highest BCUT2D eigenvalue weighted by Gasteiger charge is 2.13. The van der Waals surface area contributed by atoms with Crippen LogP contribution < -0.4 is 24.4 Å². The maximum Gasteiger partial charge on any atom is 0.271 e. The van der Waals surface area contributed by atoms with E-state index < -0.39 is 0 Å². The highest BCUT2D eigenvalue weighted by atomic mass is 79.9. The Balaban J connectivity index is 1.68. The summed E-state index contributed by atoms with van der Waals surface area (Å²) in [5, 5.41) is 4.08. The Hall–Kier alpha value is -3.52. The maximum atomic E-state index is 12.5. The molecule has 0 aromatic heterocycles. The van der Waals surface area contributed by atoms with Gasteiger partial charge in [0.1, 0.15) is 6.61 Å². The first-order valence-corrected chi connectivity index (χ1v) is 11.6. The highest BCUT2D eigenvalue weighted by molar-refractivity contribution is 9.10. The summed E-state index contributed by atoms with van der Waals surface area (Å²) in [6.07, 6.45) is 1.53. The highest BCUT2D eigenvalue weighted by Crippen LogP contribution is 2.37. The topological polar surface area (TPSA) is 78.4 Å². The van der Waals surface area contributed by atoms with Gasteiger partial charge in [-0.15, -0.1) is 0 Å². The number of halogens is 1. The molecule has 8 heteroatoms. The third kappa shape index (κ3) is 6.74. The van der Waals surface area contributed by atoms with Gasteiger partial charge < -0.3 is 18.9 Å². The van der Waals surface area contributed by atoms with Crippen LogP contribution in [0.1, 0.15) is 35.3 Å². The van der Waals surface area contributed by atoms with Gasteiger partial charge >= 0.3 is 0 Å². The van der Waals surface area contributed by atoms with E-state index in [0.29, 0.717) is 52.9 Å². The second-order valence-corrected chi connectivity index (χ2v) is 7.89. The Morgan fingerprint density at radius 1 is 0.941 bits per heavy atom. The van der Waals surface area contributed by atoms with E-state index in [-0.39, 0.29) is 5.91 Å². The van der Waals surface area contributed by atoms with E-state index in [4.69, 9.17) is 18.9 Å². The molecule has 0 atom stereocenters. The number of benzene rings is 3. The van der Waals surface area contributed by atoms with E-state index >= 15 is 0 Å². The number of hydrazone groups is 1. The van der Waals surface area contributed by atoms with Crippen LogP contribution in [-0.2, 0) is 6.61 Å². The van der Waals surface area contributed by atoms with Crippen molar-refractivity contribution in [1.29, 1.82) is 0 Å². The van der Waals surface area contributed by atoms with Gasteiger partial charge in [-0.3, -0.25) is 4.79 Å². The molecule has 0 aliphatic heterocycles. The van der Waals surface area contributed by atoms with Crippen LogP contribution in [0.25, 0.3) is 0 Å². The van der Waals surface area contributed by atoms with E-state index in [2.05, 4.69) is 26.5 Å². The summed E-state index contributed by atoms with van der Waals surface area (Å²) in [7, 11) is 1.57. The van der Waals surface area contributed by atoms with Crippen LogP contribution in [0.2, 0.25) is 0 Å². The summed E-state index contributed by atoms with van der Waals surface area (Å²) < 4.78 is 23.3. The number of nitrogens with one attached hydrogen (secondary N) is 1. The van der Waals surface area contributed by atoms with Crippen molar-refractivity contribution in [2.75, 3.05) is 20.3 Å².